The lowest BCUT2D eigenvalue weighted by molar-refractivity contribution is -0.115. The SMILES string of the molecule is NS(=O)(=O)c1cc(NC(=O)Cc2ccccc2Cl)ccc1C1=CCC=C1. The van der Waals surface area contributed by atoms with E-state index in [-0.39, 0.29) is 17.2 Å². The first-order valence-corrected chi connectivity index (χ1v) is 9.84. The zero-order valence-electron chi connectivity index (χ0n) is 13.8. The number of nitrogens with two attached hydrogens (primary N) is 1. The van der Waals surface area contributed by atoms with Crippen LogP contribution < -0.4 is 10.5 Å². The van der Waals surface area contributed by atoms with Crippen LogP contribution >= 0.6 is 11.6 Å². The number of allylic oxidation sites excluding steroid dienone is 4. The largest absolute Gasteiger partial charge is 0.326 e. The van der Waals surface area contributed by atoms with E-state index in [0.29, 0.717) is 21.8 Å². The number of anilines is 1. The highest BCUT2D eigenvalue weighted by molar-refractivity contribution is 7.89. The van der Waals surface area contributed by atoms with Crippen LogP contribution in [0.5, 0.6) is 0 Å². The third kappa shape index (κ3) is 4.22. The molecule has 1 amide bonds. The summed E-state index contributed by atoms with van der Waals surface area (Å²) in [4.78, 5) is 12.2. The van der Waals surface area contributed by atoms with Crippen LogP contribution in [0.15, 0.2) is 65.6 Å². The summed E-state index contributed by atoms with van der Waals surface area (Å²) in [5, 5.41) is 8.55. The van der Waals surface area contributed by atoms with Crippen molar-refractivity contribution in [3.8, 4) is 0 Å². The van der Waals surface area contributed by atoms with E-state index in [4.69, 9.17) is 16.7 Å². The number of nitrogens with one attached hydrogen (secondary N) is 1. The van der Waals surface area contributed by atoms with Gasteiger partial charge in [0.15, 0.2) is 0 Å². The highest BCUT2D eigenvalue weighted by Gasteiger charge is 2.18. The number of halogens is 1. The van der Waals surface area contributed by atoms with Crippen molar-refractivity contribution >= 4 is 38.8 Å². The van der Waals surface area contributed by atoms with Crippen LogP contribution in [-0.2, 0) is 21.2 Å². The van der Waals surface area contributed by atoms with Gasteiger partial charge in [-0.05, 0) is 35.8 Å². The molecule has 0 aliphatic heterocycles. The maximum absolute atomic E-state index is 12.3. The molecule has 0 saturated carbocycles. The number of carbonyl (C=O) groups excluding carboxylic acids is 1. The van der Waals surface area contributed by atoms with Crippen LogP contribution in [0.2, 0.25) is 5.02 Å². The maximum atomic E-state index is 12.3. The smallest absolute Gasteiger partial charge is 0.238 e. The van der Waals surface area contributed by atoms with E-state index in [1.807, 2.05) is 18.2 Å². The number of hydrogen-bond acceptors (Lipinski definition) is 3. The highest BCUT2D eigenvalue weighted by Crippen LogP contribution is 2.29. The molecule has 0 heterocycles. The van der Waals surface area contributed by atoms with Gasteiger partial charge in [-0.25, -0.2) is 13.6 Å². The number of hydrogen-bond donors (Lipinski definition) is 2. The van der Waals surface area contributed by atoms with Crippen molar-refractivity contribution < 1.29 is 13.2 Å². The third-order valence-corrected chi connectivity index (χ3v) is 5.28. The van der Waals surface area contributed by atoms with E-state index in [2.05, 4.69) is 5.32 Å². The average molecular weight is 389 g/mol. The Morgan fingerprint density at radius 1 is 1.19 bits per heavy atom. The van der Waals surface area contributed by atoms with E-state index < -0.39 is 10.0 Å². The minimum absolute atomic E-state index is 0.0224. The van der Waals surface area contributed by atoms with E-state index >= 15 is 0 Å². The molecule has 0 spiro atoms. The van der Waals surface area contributed by atoms with Crippen LogP contribution in [0.4, 0.5) is 5.69 Å². The molecule has 0 radical (unpaired) electrons. The van der Waals surface area contributed by atoms with E-state index in [1.54, 1.807) is 36.4 Å². The predicted molar refractivity (Wildman–Crippen MR) is 103 cm³/mol. The first-order chi connectivity index (χ1) is 12.3. The summed E-state index contributed by atoms with van der Waals surface area (Å²) in [6.07, 6.45) is 6.52. The fourth-order valence-corrected chi connectivity index (χ4v) is 3.74. The summed E-state index contributed by atoms with van der Waals surface area (Å²) < 4.78 is 24.0. The number of benzene rings is 2. The molecule has 0 unspecified atom stereocenters. The van der Waals surface area contributed by atoms with Gasteiger partial charge in [0.1, 0.15) is 0 Å². The minimum Gasteiger partial charge on any atom is -0.326 e. The van der Waals surface area contributed by atoms with Gasteiger partial charge >= 0.3 is 0 Å². The van der Waals surface area contributed by atoms with Gasteiger partial charge in [-0.2, -0.15) is 0 Å². The van der Waals surface area contributed by atoms with Gasteiger partial charge < -0.3 is 5.32 Å². The van der Waals surface area contributed by atoms with Gasteiger partial charge in [-0.15, -0.1) is 0 Å². The second-order valence-corrected chi connectivity index (χ2v) is 7.81. The topological polar surface area (TPSA) is 89.3 Å². The van der Waals surface area contributed by atoms with Gasteiger partial charge in [0, 0.05) is 16.3 Å². The molecule has 0 fully saturated rings. The molecule has 1 aliphatic rings. The van der Waals surface area contributed by atoms with Crippen molar-refractivity contribution in [2.45, 2.75) is 17.7 Å². The number of amides is 1. The monoisotopic (exact) mass is 388 g/mol. The Morgan fingerprint density at radius 2 is 1.96 bits per heavy atom. The molecule has 3 N–H and O–H groups in total. The Kier molecular flexibility index (Phi) is 5.27. The molecule has 0 atom stereocenters. The van der Waals surface area contributed by atoms with Crippen molar-refractivity contribution in [2.24, 2.45) is 5.14 Å². The summed E-state index contributed by atoms with van der Waals surface area (Å²) >= 11 is 6.06. The van der Waals surface area contributed by atoms with E-state index in [9.17, 15) is 13.2 Å². The van der Waals surface area contributed by atoms with Gasteiger partial charge in [0.05, 0.1) is 11.3 Å². The lowest BCUT2D eigenvalue weighted by Gasteiger charge is -2.12. The highest BCUT2D eigenvalue weighted by atomic mass is 35.5. The Balaban J connectivity index is 1.86. The van der Waals surface area contributed by atoms with Crippen molar-refractivity contribution in [2.75, 3.05) is 5.32 Å². The quantitative estimate of drug-likeness (QED) is 0.821. The van der Waals surface area contributed by atoms with Gasteiger partial charge in [0.2, 0.25) is 15.9 Å². The van der Waals surface area contributed by atoms with Crippen LogP contribution in [0.25, 0.3) is 5.57 Å². The maximum Gasteiger partial charge on any atom is 0.238 e. The van der Waals surface area contributed by atoms with Crippen molar-refractivity contribution in [3.05, 3.63) is 76.8 Å². The average Bonchev–Trinajstić information content (AvgIpc) is 3.10. The molecule has 3 rings (SSSR count). The summed E-state index contributed by atoms with van der Waals surface area (Å²) in [6, 6.07) is 11.7. The fourth-order valence-electron chi connectivity index (χ4n) is 2.75. The lowest BCUT2D eigenvalue weighted by Crippen LogP contribution is -2.17. The summed E-state index contributed by atoms with van der Waals surface area (Å²) in [5.41, 5.74) is 2.36. The first kappa shape index (κ1) is 18.4. The Morgan fingerprint density at radius 3 is 2.62 bits per heavy atom. The molecule has 7 heteroatoms. The Bertz CT molecular complexity index is 1030. The predicted octanol–water partition coefficient (Wildman–Crippen LogP) is 3.51. The van der Waals surface area contributed by atoms with E-state index in [1.165, 1.54) is 6.07 Å². The molecule has 0 saturated heterocycles. The summed E-state index contributed by atoms with van der Waals surface area (Å²) in [7, 11) is -3.94. The molecule has 5 nitrogen and oxygen atoms in total. The molecule has 2 aromatic carbocycles. The van der Waals surface area contributed by atoms with Gasteiger partial charge in [0.25, 0.3) is 0 Å². The number of rotatable bonds is 5. The van der Waals surface area contributed by atoms with Crippen molar-refractivity contribution in [3.63, 3.8) is 0 Å². The summed E-state index contributed by atoms with van der Waals surface area (Å²) in [5.74, 6) is -0.300. The zero-order valence-corrected chi connectivity index (χ0v) is 15.3. The molecule has 0 bridgehead atoms. The van der Waals surface area contributed by atoms with Gasteiger partial charge in [-0.1, -0.05) is 54.1 Å². The molecular weight excluding hydrogens is 372 g/mol. The number of primary sulfonamides is 1. The molecule has 1 aliphatic carbocycles. The van der Waals surface area contributed by atoms with Crippen LogP contribution in [0.3, 0.4) is 0 Å². The minimum atomic E-state index is -3.94. The first-order valence-electron chi connectivity index (χ1n) is 7.92. The Hall–Kier alpha value is -2.41. The van der Waals surface area contributed by atoms with Gasteiger partial charge in [-0.3, -0.25) is 4.79 Å². The molecule has 0 aromatic heterocycles. The van der Waals surface area contributed by atoms with Crippen LogP contribution in [-0.4, -0.2) is 14.3 Å². The molecule has 134 valence electrons. The zero-order chi connectivity index (χ0) is 18.7. The number of sulfonamides is 1. The standard InChI is InChI=1S/C19H17ClN2O3S/c20-17-8-4-3-7-14(17)11-19(23)22-15-9-10-16(13-5-1-2-6-13)18(12-15)26(21,24)25/h1,3-10,12H,2,11H2,(H,22,23)(H2,21,24,25). The molecule has 26 heavy (non-hydrogen) atoms. The van der Waals surface area contributed by atoms with Crippen molar-refractivity contribution in [1.82, 2.24) is 0 Å². The van der Waals surface area contributed by atoms with Crippen molar-refractivity contribution in [1.29, 1.82) is 0 Å². The molecule has 2 aromatic rings. The fraction of sp³-hybridized carbons (Fsp3) is 0.105. The molecular formula is C19H17ClN2O3S. The summed E-state index contributed by atoms with van der Waals surface area (Å²) in [6.45, 7) is 0. The normalized spacial score (nSPS) is 13.5. The second kappa shape index (κ2) is 7.45. The number of carbonyl (C=O) groups is 1. The van der Waals surface area contributed by atoms with Crippen LogP contribution in [0.1, 0.15) is 17.5 Å². The van der Waals surface area contributed by atoms with E-state index in [0.717, 1.165) is 12.0 Å². The second-order valence-electron chi connectivity index (χ2n) is 5.87. The Labute approximate surface area is 157 Å². The third-order valence-electron chi connectivity index (χ3n) is 3.96. The van der Waals surface area contributed by atoms with Crippen LogP contribution in [0, 0.1) is 0 Å². The lowest BCUT2D eigenvalue weighted by atomic mass is 10.1.